The Morgan fingerprint density at radius 1 is 0.846 bits per heavy atom. The molecule has 8 heteroatoms. The van der Waals surface area contributed by atoms with E-state index in [0.717, 1.165) is 26.1 Å². The van der Waals surface area contributed by atoms with Gasteiger partial charge in [0, 0.05) is 4.47 Å². The average Bonchev–Trinajstić information content (AvgIpc) is 2.92. The molecule has 1 fully saturated rings. The lowest BCUT2D eigenvalue weighted by Crippen LogP contribution is -2.54. The van der Waals surface area contributed by atoms with Gasteiger partial charge < -0.3 is 4.74 Å². The first-order valence-electron chi connectivity index (χ1n) is 12.1. The van der Waals surface area contributed by atoms with Gasteiger partial charge in [-0.15, -0.1) is 0 Å². The maximum atomic E-state index is 13.7. The van der Waals surface area contributed by atoms with Crippen LogP contribution in [0.2, 0.25) is 0 Å². The summed E-state index contributed by atoms with van der Waals surface area (Å²) in [5.41, 5.74) is 3.20. The number of amides is 4. The Morgan fingerprint density at radius 3 is 2.33 bits per heavy atom. The van der Waals surface area contributed by atoms with Crippen molar-refractivity contribution in [1.29, 1.82) is 0 Å². The van der Waals surface area contributed by atoms with E-state index >= 15 is 0 Å². The third-order valence-electron chi connectivity index (χ3n) is 6.14. The van der Waals surface area contributed by atoms with Gasteiger partial charge >= 0.3 is 6.03 Å². The molecule has 0 aliphatic carbocycles. The van der Waals surface area contributed by atoms with E-state index < -0.39 is 17.8 Å². The van der Waals surface area contributed by atoms with Gasteiger partial charge in [0.2, 0.25) is 0 Å². The van der Waals surface area contributed by atoms with Crippen LogP contribution < -0.4 is 15.0 Å². The van der Waals surface area contributed by atoms with Crippen LogP contribution in [-0.4, -0.2) is 17.8 Å². The van der Waals surface area contributed by atoms with E-state index in [-0.39, 0.29) is 17.1 Å². The fourth-order valence-corrected chi connectivity index (χ4v) is 4.59. The molecule has 1 aliphatic heterocycles. The monoisotopic (exact) mass is 584 g/mol. The molecule has 4 aromatic carbocycles. The number of halogens is 2. The molecule has 5 rings (SSSR count). The summed E-state index contributed by atoms with van der Waals surface area (Å²) in [7, 11) is 0. The molecule has 0 atom stereocenters. The number of nitrogens with one attached hydrogen (secondary N) is 1. The van der Waals surface area contributed by atoms with Crippen molar-refractivity contribution in [3.05, 3.63) is 135 Å². The molecule has 0 aromatic heterocycles. The van der Waals surface area contributed by atoms with Crippen molar-refractivity contribution in [2.24, 2.45) is 0 Å². The minimum atomic E-state index is -0.839. The molecule has 39 heavy (non-hydrogen) atoms. The fourth-order valence-electron chi connectivity index (χ4n) is 4.21. The Bertz CT molecular complexity index is 1590. The highest BCUT2D eigenvalue weighted by molar-refractivity contribution is 9.10. The van der Waals surface area contributed by atoms with Crippen LogP contribution >= 0.6 is 15.9 Å². The lowest BCUT2D eigenvalue weighted by atomic mass is 9.97. The van der Waals surface area contributed by atoms with Crippen molar-refractivity contribution in [3.63, 3.8) is 0 Å². The molecule has 1 heterocycles. The number of urea groups is 1. The van der Waals surface area contributed by atoms with Gasteiger partial charge in [0.05, 0.1) is 5.69 Å². The number of hydrogen-bond acceptors (Lipinski definition) is 4. The van der Waals surface area contributed by atoms with Crippen LogP contribution in [0.5, 0.6) is 5.75 Å². The summed E-state index contributed by atoms with van der Waals surface area (Å²) in [6.45, 7) is 0.370. The van der Waals surface area contributed by atoms with Crippen molar-refractivity contribution in [3.8, 4) is 5.75 Å². The number of ether oxygens (including phenoxy) is 1. The summed E-state index contributed by atoms with van der Waals surface area (Å²) in [4.78, 5) is 39.8. The number of barbiturate groups is 1. The molecular weight excluding hydrogens is 563 g/mol. The summed E-state index contributed by atoms with van der Waals surface area (Å²) < 4.78 is 20.3. The molecule has 4 aromatic rings. The molecule has 0 unspecified atom stereocenters. The minimum absolute atomic E-state index is 0.197. The highest BCUT2D eigenvalue weighted by atomic mass is 79.9. The number of anilines is 1. The van der Waals surface area contributed by atoms with Gasteiger partial charge in [-0.05, 0) is 83.3 Å². The standard InChI is InChI=1S/C31H22BrFN2O4/c32-24-10-9-22(15-21-7-4-8-25(33)16-21)23(17-24)18-28-29(36)34-31(38)35(30(28)37)26-11-13-27(14-12-26)39-19-20-5-2-1-3-6-20/h1-14,16-18H,15,19H2,(H,34,36,38)/b28-18+. The first kappa shape index (κ1) is 26.1. The van der Waals surface area contributed by atoms with E-state index in [9.17, 15) is 18.8 Å². The van der Waals surface area contributed by atoms with Crippen LogP contribution in [0.1, 0.15) is 22.3 Å². The third kappa shape index (κ3) is 6.13. The number of imide groups is 2. The number of benzene rings is 4. The number of hydrogen-bond donors (Lipinski definition) is 1. The lowest BCUT2D eigenvalue weighted by molar-refractivity contribution is -0.122. The van der Waals surface area contributed by atoms with Crippen molar-refractivity contribution in [1.82, 2.24) is 5.32 Å². The fraction of sp³-hybridized carbons (Fsp3) is 0.0645. The second-order valence-corrected chi connectivity index (χ2v) is 9.79. The summed E-state index contributed by atoms with van der Waals surface area (Å²) >= 11 is 3.43. The molecule has 0 spiro atoms. The van der Waals surface area contributed by atoms with Gasteiger partial charge in [-0.2, -0.15) is 0 Å². The molecule has 0 bridgehead atoms. The van der Waals surface area contributed by atoms with E-state index in [4.69, 9.17) is 4.74 Å². The molecule has 6 nitrogen and oxygen atoms in total. The zero-order chi connectivity index (χ0) is 27.4. The van der Waals surface area contributed by atoms with E-state index in [1.807, 2.05) is 42.5 Å². The van der Waals surface area contributed by atoms with E-state index in [0.29, 0.717) is 24.3 Å². The van der Waals surface area contributed by atoms with Gasteiger partial charge in [0.15, 0.2) is 0 Å². The quantitative estimate of drug-likeness (QED) is 0.201. The van der Waals surface area contributed by atoms with Crippen LogP contribution in [-0.2, 0) is 22.6 Å². The van der Waals surface area contributed by atoms with Gasteiger partial charge in [0.25, 0.3) is 11.8 Å². The molecule has 1 N–H and O–H groups in total. The Balaban J connectivity index is 1.40. The van der Waals surface area contributed by atoms with Crippen LogP contribution in [0.25, 0.3) is 6.08 Å². The van der Waals surface area contributed by atoms with Gasteiger partial charge in [-0.25, -0.2) is 14.1 Å². The van der Waals surface area contributed by atoms with Crippen LogP contribution in [0, 0.1) is 5.82 Å². The topological polar surface area (TPSA) is 75.7 Å². The van der Waals surface area contributed by atoms with Crippen molar-refractivity contribution in [2.75, 3.05) is 4.90 Å². The number of nitrogens with zero attached hydrogens (tertiary/aromatic N) is 1. The molecule has 194 valence electrons. The Labute approximate surface area is 232 Å². The molecule has 0 radical (unpaired) electrons. The predicted octanol–water partition coefficient (Wildman–Crippen LogP) is 6.42. The Hall–Kier alpha value is -4.56. The number of carbonyl (C=O) groups is 3. The third-order valence-corrected chi connectivity index (χ3v) is 6.63. The number of carbonyl (C=O) groups excluding carboxylic acids is 3. The molecule has 1 saturated heterocycles. The predicted molar refractivity (Wildman–Crippen MR) is 150 cm³/mol. The van der Waals surface area contributed by atoms with Crippen molar-refractivity contribution >= 4 is 45.5 Å². The summed E-state index contributed by atoms with van der Waals surface area (Å²) in [5.74, 6) is -1.33. The molecule has 0 saturated carbocycles. The van der Waals surface area contributed by atoms with E-state index in [1.54, 1.807) is 42.5 Å². The van der Waals surface area contributed by atoms with E-state index in [2.05, 4.69) is 21.2 Å². The second-order valence-electron chi connectivity index (χ2n) is 8.88. The Kier molecular flexibility index (Phi) is 7.65. The summed E-state index contributed by atoms with van der Waals surface area (Å²) in [6, 6.07) is 27.0. The zero-order valence-corrected chi connectivity index (χ0v) is 22.2. The molecule has 1 aliphatic rings. The Morgan fingerprint density at radius 2 is 1.59 bits per heavy atom. The highest BCUT2D eigenvalue weighted by Crippen LogP contribution is 2.27. The van der Waals surface area contributed by atoms with Crippen molar-refractivity contribution in [2.45, 2.75) is 13.0 Å². The minimum Gasteiger partial charge on any atom is -0.489 e. The number of rotatable bonds is 7. The largest absolute Gasteiger partial charge is 0.489 e. The lowest BCUT2D eigenvalue weighted by Gasteiger charge is -2.26. The average molecular weight is 585 g/mol. The normalized spacial score (nSPS) is 14.5. The van der Waals surface area contributed by atoms with Gasteiger partial charge in [0.1, 0.15) is 23.7 Å². The maximum Gasteiger partial charge on any atom is 0.335 e. The smallest absolute Gasteiger partial charge is 0.335 e. The molecular formula is C31H22BrFN2O4. The van der Waals surface area contributed by atoms with E-state index in [1.165, 1.54) is 18.2 Å². The maximum absolute atomic E-state index is 13.7. The first-order valence-corrected chi connectivity index (χ1v) is 12.9. The summed E-state index contributed by atoms with van der Waals surface area (Å²) in [6.07, 6.45) is 1.83. The second kappa shape index (κ2) is 11.4. The summed E-state index contributed by atoms with van der Waals surface area (Å²) in [5, 5.41) is 2.25. The van der Waals surface area contributed by atoms with Crippen LogP contribution in [0.15, 0.2) is 107 Å². The van der Waals surface area contributed by atoms with Gasteiger partial charge in [-0.1, -0.05) is 64.5 Å². The SMILES string of the molecule is O=C1NC(=O)N(c2ccc(OCc3ccccc3)cc2)C(=O)/C1=C/c1cc(Br)ccc1Cc1cccc(F)c1. The van der Waals surface area contributed by atoms with Gasteiger partial charge in [-0.3, -0.25) is 14.9 Å². The zero-order valence-electron chi connectivity index (χ0n) is 20.6. The highest BCUT2D eigenvalue weighted by Gasteiger charge is 2.37. The molecule has 4 amide bonds. The first-order chi connectivity index (χ1) is 18.9. The van der Waals surface area contributed by atoms with Crippen LogP contribution in [0.4, 0.5) is 14.9 Å². The van der Waals surface area contributed by atoms with Crippen molar-refractivity contribution < 1.29 is 23.5 Å². The van der Waals surface area contributed by atoms with Crippen LogP contribution in [0.3, 0.4) is 0 Å².